The van der Waals surface area contributed by atoms with E-state index in [4.69, 9.17) is 19.4 Å². The van der Waals surface area contributed by atoms with Crippen LogP contribution in [0.3, 0.4) is 0 Å². The highest BCUT2D eigenvalue weighted by atomic mass is 16.5. The summed E-state index contributed by atoms with van der Waals surface area (Å²) >= 11 is 0. The molecule has 3 aliphatic heterocycles. The Hall–Kier alpha value is -3.93. The molecule has 2 saturated heterocycles. The van der Waals surface area contributed by atoms with E-state index in [1.807, 2.05) is 24.3 Å². The molecule has 6 rings (SSSR count). The number of fused-ring (bicyclic) bond motifs is 2. The second kappa shape index (κ2) is 12.5. The Kier molecular flexibility index (Phi) is 8.41. The van der Waals surface area contributed by atoms with Crippen LogP contribution in [0.5, 0.6) is 11.8 Å². The minimum Gasteiger partial charge on any atom is -0.508 e. The number of aromatic nitrogens is 2. The van der Waals surface area contributed by atoms with Crippen molar-refractivity contribution in [1.82, 2.24) is 19.8 Å². The summed E-state index contributed by atoms with van der Waals surface area (Å²) in [5, 5.41) is 22.7. The Labute approximate surface area is 245 Å². The minimum absolute atomic E-state index is 0.0636. The first kappa shape index (κ1) is 28.2. The first-order valence-corrected chi connectivity index (χ1v) is 14.6. The van der Waals surface area contributed by atoms with Crippen LogP contribution < -0.4 is 14.5 Å². The lowest BCUT2D eigenvalue weighted by Crippen LogP contribution is -2.49. The molecule has 2 N–H and O–H groups in total. The quantitative estimate of drug-likeness (QED) is 0.386. The molecule has 42 heavy (non-hydrogen) atoms. The first-order valence-electron chi connectivity index (χ1n) is 14.6. The summed E-state index contributed by atoms with van der Waals surface area (Å²) in [5.74, 6) is 0.984. The van der Waals surface area contributed by atoms with Gasteiger partial charge in [0.05, 0.1) is 32.1 Å². The Morgan fingerprint density at radius 2 is 1.83 bits per heavy atom. The Morgan fingerprint density at radius 1 is 1.05 bits per heavy atom. The molecule has 0 spiro atoms. The lowest BCUT2D eigenvalue weighted by Gasteiger charge is -2.38. The number of aliphatic hydroxyl groups is 1. The standard InChI is InChI=1S/C31H38N6O5/c1-2-29(40)35-9-11-36(12-10-35)30-26-7-8-37(28-18-23(39)17-22-5-3-4-6-25(22)28)20-27(26)32-31(33-30)42-24(21-38)19-34-13-15-41-16-14-34/h2-6,17-18,24,38-39H,1,7-16,19-21H2. The van der Waals surface area contributed by atoms with E-state index >= 15 is 0 Å². The maximum atomic E-state index is 12.2. The maximum Gasteiger partial charge on any atom is 0.319 e. The highest BCUT2D eigenvalue weighted by molar-refractivity contribution is 5.95. The number of anilines is 2. The number of piperazine rings is 1. The Morgan fingerprint density at radius 3 is 2.60 bits per heavy atom. The van der Waals surface area contributed by atoms with Crippen LogP contribution in [-0.4, -0.2) is 114 Å². The van der Waals surface area contributed by atoms with E-state index in [9.17, 15) is 15.0 Å². The normalized spacial score (nSPS) is 18.5. The van der Waals surface area contributed by atoms with Gasteiger partial charge in [0.15, 0.2) is 0 Å². The number of benzene rings is 2. The summed E-state index contributed by atoms with van der Waals surface area (Å²) in [6, 6.07) is 11.9. The molecule has 11 heteroatoms. The van der Waals surface area contributed by atoms with E-state index in [0.29, 0.717) is 52.5 Å². The van der Waals surface area contributed by atoms with E-state index in [1.54, 1.807) is 11.0 Å². The molecular formula is C31H38N6O5. The van der Waals surface area contributed by atoms with Gasteiger partial charge in [-0.1, -0.05) is 30.8 Å². The number of ether oxygens (including phenoxy) is 2. The smallest absolute Gasteiger partial charge is 0.319 e. The Balaban J connectivity index is 1.31. The first-order chi connectivity index (χ1) is 20.5. The summed E-state index contributed by atoms with van der Waals surface area (Å²) in [5.41, 5.74) is 2.89. The monoisotopic (exact) mass is 574 g/mol. The molecule has 0 radical (unpaired) electrons. The average Bonchev–Trinajstić information content (AvgIpc) is 3.03. The third-order valence-corrected chi connectivity index (χ3v) is 8.29. The summed E-state index contributed by atoms with van der Waals surface area (Å²) in [6.07, 6.45) is 1.60. The van der Waals surface area contributed by atoms with Crippen molar-refractivity contribution in [3.63, 3.8) is 0 Å². The number of carbonyl (C=O) groups is 1. The van der Waals surface area contributed by atoms with E-state index in [2.05, 4.69) is 27.3 Å². The van der Waals surface area contributed by atoms with Gasteiger partial charge in [-0.15, -0.1) is 0 Å². The van der Waals surface area contributed by atoms with Gasteiger partial charge in [0, 0.05) is 75.1 Å². The van der Waals surface area contributed by atoms with Crippen molar-refractivity contribution in [2.24, 2.45) is 0 Å². The topological polar surface area (TPSA) is 115 Å². The predicted octanol–water partition coefficient (Wildman–Crippen LogP) is 1.80. The molecule has 1 aromatic heterocycles. The van der Waals surface area contributed by atoms with E-state index in [0.717, 1.165) is 59.6 Å². The lowest BCUT2D eigenvalue weighted by molar-refractivity contribution is -0.126. The third-order valence-electron chi connectivity index (χ3n) is 8.29. The maximum absolute atomic E-state index is 12.2. The minimum atomic E-state index is -0.481. The van der Waals surface area contributed by atoms with Crippen LogP contribution >= 0.6 is 0 Å². The second-order valence-electron chi connectivity index (χ2n) is 11.0. The fourth-order valence-corrected chi connectivity index (χ4v) is 6.07. The number of morpholine rings is 1. The molecule has 11 nitrogen and oxygen atoms in total. The number of carbonyl (C=O) groups excluding carboxylic acids is 1. The van der Waals surface area contributed by atoms with Gasteiger partial charge in [-0.25, -0.2) is 0 Å². The van der Waals surface area contributed by atoms with Crippen molar-refractivity contribution in [3.8, 4) is 11.8 Å². The molecule has 3 aliphatic rings. The molecule has 2 aromatic carbocycles. The predicted molar refractivity (Wildman–Crippen MR) is 160 cm³/mol. The third kappa shape index (κ3) is 5.99. The van der Waals surface area contributed by atoms with Crippen molar-refractivity contribution in [2.75, 3.05) is 82.0 Å². The van der Waals surface area contributed by atoms with Gasteiger partial charge in [-0.05, 0) is 23.9 Å². The van der Waals surface area contributed by atoms with Crippen molar-refractivity contribution >= 4 is 28.2 Å². The number of hydrogen-bond acceptors (Lipinski definition) is 10. The number of rotatable bonds is 8. The summed E-state index contributed by atoms with van der Waals surface area (Å²) < 4.78 is 11.7. The summed E-state index contributed by atoms with van der Waals surface area (Å²) in [4.78, 5) is 30.4. The molecule has 222 valence electrons. The van der Waals surface area contributed by atoms with Gasteiger partial charge in [0.1, 0.15) is 17.7 Å². The zero-order valence-electron chi connectivity index (χ0n) is 23.8. The number of aromatic hydroxyl groups is 1. The number of amides is 1. The summed E-state index contributed by atoms with van der Waals surface area (Å²) in [7, 11) is 0. The zero-order chi connectivity index (χ0) is 29.1. The van der Waals surface area contributed by atoms with Gasteiger partial charge in [-0.2, -0.15) is 9.97 Å². The Bertz CT molecular complexity index is 1440. The van der Waals surface area contributed by atoms with Crippen LogP contribution in [0, 0.1) is 0 Å². The number of aliphatic hydroxyl groups excluding tert-OH is 1. The lowest BCUT2D eigenvalue weighted by atomic mass is 10.0. The molecule has 0 aliphatic carbocycles. The average molecular weight is 575 g/mol. The van der Waals surface area contributed by atoms with E-state index < -0.39 is 6.10 Å². The van der Waals surface area contributed by atoms with Gasteiger partial charge in [0.2, 0.25) is 5.91 Å². The van der Waals surface area contributed by atoms with Crippen molar-refractivity contribution in [3.05, 3.63) is 60.3 Å². The number of phenolic OH excluding ortho intramolecular Hbond substituents is 1. The van der Waals surface area contributed by atoms with Crippen LogP contribution in [0.25, 0.3) is 10.8 Å². The molecule has 0 bridgehead atoms. The van der Waals surface area contributed by atoms with Crippen molar-refractivity contribution in [1.29, 1.82) is 0 Å². The van der Waals surface area contributed by atoms with Crippen LogP contribution in [0.2, 0.25) is 0 Å². The fraction of sp³-hybridized carbons (Fsp3) is 0.452. The van der Waals surface area contributed by atoms with Crippen LogP contribution in [0.1, 0.15) is 11.3 Å². The molecule has 3 aromatic rings. The van der Waals surface area contributed by atoms with Gasteiger partial charge >= 0.3 is 6.01 Å². The molecule has 1 atom stereocenters. The highest BCUT2D eigenvalue weighted by Gasteiger charge is 2.30. The van der Waals surface area contributed by atoms with Gasteiger partial charge in [-0.3, -0.25) is 9.69 Å². The fourth-order valence-electron chi connectivity index (χ4n) is 6.07. The van der Waals surface area contributed by atoms with Gasteiger partial charge < -0.3 is 34.4 Å². The van der Waals surface area contributed by atoms with Crippen LogP contribution in [-0.2, 0) is 22.5 Å². The highest BCUT2D eigenvalue weighted by Crippen LogP contribution is 2.36. The second-order valence-corrected chi connectivity index (χ2v) is 11.0. The van der Waals surface area contributed by atoms with Gasteiger partial charge in [0.25, 0.3) is 0 Å². The molecular weight excluding hydrogens is 536 g/mol. The summed E-state index contributed by atoms with van der Waals surface area (Å²) in [6.45, 7) is 10.6. The zero-order valence-corrected chi connectivity index (χ0v) is 23.8. The number of nitrogens with zero attached hydrogens (tertiary/aromatic N) is 6. The molecule has 1 amide bonds. The van der Waals surface area contributed by atoms with Crippen LogP contribution in [0.15, 0.2) is 49.1 Å². The van der Waals surface area contributed by atoms with E-state index in [1.165, 1.54) is 6.08 Å². The van der Waals surface area contributed by atoms with Crippen molar-refractivity contribution in [2.45, 2.75) is 19.1 Å². The molecule has 4 heterocycles. The SMILES string of the molecule is C=CC(=O)N1CCN(c2nc(OC(CO)CN3CCOCC3)nc3c2CCN(c2cc(O)cc4ccccc24)C3)CC1. The number of phenols is 1. The van der Waals surface area contributed by atoms with Crippen molar-refractivity contribution < 1.29 is 24.5 Å². The van der Waals surface area contributed by atoms with Crippen LogP contribution in [0.4, 0.5) is 11.5 Å². The molecule has 1 unspecified atom stereocenters. The van der Waals surface area contributed by atoms with E-state index in [-0.39, 0.29) is 24.3 Å². The molecule has 0 saturated carbocycles. The largest absolute Gasteiger partial charge is 0.508 e. The number of hydrogen-bond donors (Lipinski definition) is 2. The molecule has 2 fully saturated rings.